The third kappa shape index (κ3) is 3.39. The summed E-state index contributed by atoms with van der Waals surface area (Å²) < 4.78 is 0. The van der Waals surface area contributed by atoms with E-state index in [1.165, 1.54) is 32.1 Å². The Morgan fingerprint density at radius 2 is 1.86 bits per heavy atom. The van der Waals surface area contributed by atoms with E-state index in [0.717, 1.165) is 19.5 Å². The zero-order valence-corrected chi connectivity index (χ0v) is 13.7. The molecule has 21 heavy (non-hydrogen) atoms. The number of nitrogens with zero attached hydrogens (tertiary/aromatic N) is 4. The summed E-state index contributed by atoms with van der Waals surface area (Å²) in [6.45, 7) is 6.64. The Morgan fingerprint density at radius 3 is 2.57 bits per heavy atom. The Balaban J connectivity index is 1.78. The molecule has 1 N–H and O–H groups in total. The molecular formula is C15H24ClN5. The summed E-state index contributed by atoms with van der Waals surface area (Å²) in [7, 11) is 0. The van der Waals surface area contributed by atoms with Crippen LogP contribution in [0.25, 0.3) is 0 Å². The highest BCUT2D eigenvalue weighted by Crippen LogP contribution is 2.37. The molecule has 0 aromatic carbocycles. The molecule has 1 aromatic heterocycles. The van der Waals surface area contributed by atoms with Gasteiger partial charge in [0, 0.05) is 19.1 Å². The zero-order valence-electron chi connectivity index (χ0n) is 12.9. The van der Waals surface area contributed by atoms with Crippen LogP contribution in [0.4, 0.5) is 11.9 Å². The van der Waals surface area contributed by atoms with Crippen LogP contribution >= 0.6 is 11.6 Å². The average molecular weight is 310 g/mol. The minimum Gasteiger partial charge on any atom is -0.351 e. The number of aromatic nitrogens is 3. The molecule has 0 spiro atoms. The summed E-state index contributed by atoms with van der Waals surface area (Å²) >= 11 is 6.09. The second-order valence-corrected chi connectivity index (χ2v) is 7.19. The number of halogens is 1. The Labute approximate surface area is 131 Å². The van der Waals surface area contributed by atoms with Gasteiger partial charge in [0.15, 0.2) is 0 Å². The number of rotatable bonds is 3. The quantitative estimate of drug-likeness (QED) is 0.926. The van der Waals surface area contributed by atoms with Crippen LogP contribution in [0, 0.1) is 5.41 Å². The molecule has 1 aliphatic heterocycles. The predicted octanol–water partition coefficient (Wildman–Crippen LogP) is 3.51. The summed E-state index contributed by atoms with van der Waals surface area (Å²) in [5, 5.41) is 3.78. The van der Waals surface area contributed by atoms with Crippen molar-refractivity contribution >= 4 is 23.5 Å². The van der Waals surface area contributed by atoms with Gasteiger partial charge < -0.3 is 10.2 Å². The molecule has 2 heterocycles. The van der Waals surface area contributed by atoms with Gasteiger partial charge in [-0.1, -0.05) is 26.7 Å². The van der Waals surface area contributed by atoms with E-state index in [1.54, 1.807) is 0 Å². The molecule has 1 atom stereocenters. The standard InChI is InChI=1S/C15H24ClN5/c1-15(2)8-4-3-7-11(15)17-13-18-12(16)19-14(20-13)21-9-5-6-10-21/h11H,3-10H2,1-2H3,(H,17,18,19,20). The highest BCUT2D eigenvalue weighted by atomic mass is 35.5. The van der Waals surface area contributed by atoms with Crippen LogP contribution < -0.4 is 10.2 Å². The molecule has 1 saturated heterocycles. The second kappa shape index (κ2) is 5.95. The zero-order chi connectivity index (χ0) is 14.9. The molecule has 0 radical (unpaired) electrons. The fraction of sp³-hybridized carbons (Fsp3) is 0.800. The summed E-state index contributed by atoms with van der Waals surface area (Å²) in [4.78, 5) is 15.3. The van der Waals surface area contributed by atoms with Gasteiger partial charge in [-0.15, -0.1) is 0 Å². The fourth-order valence-electron chi connectivity index (χ4n) is 3.38. The maximum Gasteiger partial charge on any atom is 0.231 e. The van der Waals surface area contributed by atoms with E-state index in [2.05, 4.69) is 39.0 Å². The van der Waals surface area contributed by atoms with Crippen molar-refractivity contribution in [2.24, 2.45) is 5.41 Å². The average Bonchev–Trinajstić information content (AvgIpc) is 2.94. The molecule has 2 fully saturated rings. The molecule has 0 bridgehead atoms. The van der Waals surface area contributed by atoms with Gasteiger partial charge in [-0.25, -0.2) is 0 Å². The molecule has 1 unspecified atom stereocenters. The molecule has 2 aliphatic rings. The van der Waals surface area contributed by atoms with Crippen LogP contribution in [0.1, 0.15) is 52.4 Å². The van der Waals surface area contributed by atoms with Crippen molar-refractivity contribution in [3.05, 3.63) is 5.28 Å². The highest BCUT2D eigenvalue weighted by Gasteiger charge is 2.32. The topological polar surface area (TPSA) is 53.9 Å². The van der Waals surface area contributed by atoms with Crippen LogP contribution in [-0.2, 0) is 0 Å². The van der Waals surface area contributed by atoms with E-state index in [1.807, 2.05) is 0 Å². The van der Waals surface area contributed by atoms with Crippen LogP contribution in [-0.4, -0.2) is 34.1 Å². The van der Waals surface area contributed by atoms with Crippen molar-refractivity contribution in [1.29, 1.82) is 0 Å². The summed E-state index contributed by atoms with van der Waals surface area (Å²) in [5.74, 6) is 1.33. The summed E-state index contributed by atoms with van der Waals surface area (Å²) in [5.41, 5.74) is 0.269. The minimum absolute atomic E-state index is 0.269. The van der Waals surface area contributed by atoms with E-state index >= 15 is 0 Å². The molecule has 1 saturated carbocycles. The molecule has 6 heteroatoms. The van der Waals surface area contributed by atoms with Gasteiger partial charge in [0.1, 0.15) is 0 Å². The van der Waals surface area contributed by atoms with Gasteiger partial charge >= 0.3 is 0 Å². The van der Waals surface area contributed by atoms with E-state index in [-0.39, 0.29) is 10.7 Å². The lowest BCUT2D eigenvalue weighted by molar-refractivity contribution is 0.216. The Kier molecular flexibility index (Phi) is 4.20. The largest absolute Gasteiger partial charge is 0.351 e. The Morgan fingerprint density at radius 1 is 1.10 bits per heavy atom. The maximum absolute atomic E-state index is 6.09. The number of anilines is 2. The molecule has 1 aromatic rings. The number of hydrogen-bond donors (Lipinski definition) is 1. The Bertz CT molecular complexity index is 499. The van der Waals surface area contributed by atoms with E-state index < -0.39 is 0 Å². The highest BCUT2D eigenvalue weighted by molar-refractivity contribution is 6.28. The summed E-state index contributed by atoms with van der Waals surface area (Å²) in [6.07, 6.45) is 7.36. The lowest BCUT2D eigenvalue weighted by Crippen LogP contribution is -2.39. The molecule has 3 rings (SSSR count). The Hall–Kier alpha value is -1.10. The maximum atomic E-state index is 6.09. The lowest BCUT2D eigenvalue weighted by atomic mass is 9.73. The van der Waals surface area contributed by atoms with E-state index in [0.29, 0.717) is 17.9 Å². The third-order valence-electron chi connectivity index (χ3n) is 4.80. The molecule has 1 aliphatic carbocycles. The lowest BCUT2D eigenvalue weighted by Gasteiger charge is -2.39. The van der Waals surface area contributed by atoms with Gasteiger partial charge in [0.05, 0.1) is 0 Å². The van der Waals surface area contributed by atoms with E-state index in [9.17, 15) is 0 Å². The van der Waals surface area contributed by atoms with Gasteiger partial charge in [0.25, 0.3) is 0 Å². The first kappa shape index (κ1) is 14.8. The second-order valence-electron chi connectivity index (χ2n) is 6.85. The van der Waals surface area contributed by atoms with Crippen molar-refractivity contribution in [2.45, 2.75) is 58.4 Å². The molecule has 116 valence electrons. The van der Waals surface area contributed by atoms with Crippen molar-refractivity contribution in [2.75, 3.05) is 23.3 Å². The molecule has 0 amide bonds. The van der Waals surface area contributed by atoms with Crippen molar-refractivity contribution < 1.29 is 0 Å². The number of nitrogens with one attached hydrogen (secondary N) is 1. The van der Waals surface area contributed by atoms with Crippen molar-refractivity contribution in [1.82, 2.24) is 15.0 Å². The SMILES string of the molecule is CC1(C)CCCCC1Nc1nc(Cl)nc(N2CCCC2)n1. The van der Waals surface area contributed by atoms with E-state index in [4.69, 9.17) is 11.6 Å². The van der Waals surface area contributed by atoms with Crippen LogP contribution in [0.2, 0.25) is 5.28 Å². The summed E-state index contributed by atoms with van der Waals surface area (Å²) in [6, 6.07) is 0.399. The van der Waals surface area contributed by atoms with Crippen LogP contribution in [0.3, 0.4) is 0 Å². The van der Waals surface area contributed by atoms with Crippen molar-refractivity contribution in [3.8, 4) is 0 Å². The van der Waals surface area contributed by atoms with Gasteiger partial charge in [-0.3, -0.25) is 0 Å². The fourth-order valence-corrected chi connectivity index (χ4v) is 3.54. The predicted molar refractivity (Wildman–Crippen MR) is 85.9 cm³/mol. The molecule has 5 nitrogen and oxygen atoms in total. The minimum atomic E-state index is 0.269. The van der Waals surface area contributed by atoms with Gasteiger partial charge in [0.2, 0.25) is 17.2 Å². The monoisotopic (exact) mass is 309 g/mol. The smallest absolute Gasteiger partial charge is 0.231 e. The van der Waals surface area contributed by atoms with Crippen molar-refractivity contribution in [3.63, 3.8) is 0 Å². The molecular weight excluding hydrogens is 286 g/mol. The van der Waals surface area contributed by atoms with Crippen LogP contribution in [0.5, 0.6) is 0 Å². The first-order valence-electron chi connectivity index (χ1n) is 7.98. The first-order valence-corrected chi connectivity index (χ1v) is 8.35. The third-order valence-corrected chi connectivity index (χ3v) is 4.96. The van der Waals surface area contributed by atoms with Gasteiger partial charge in [-0.2, -0.15) is 15.0 Å². The van der Waals surface area contributed by atoms with Gasteiger partial charge in [-0.05, 0) is 42.7 Å². The van der Waals surface area contributed by atoms with Crippen LogP contribution in [0.15, 0.2) is 0 Å². The first-order chi connectivity index (χ1) is 10.0. The number of hydrogen-bond acceptors (Lipinski definition) is 5. The normalized spacial score (nSPS) is 25.1.